The smallest absolute Gasteiger partial charge is 0.271 e. The Hall–Kier alpha value is -2.54. The van der Waals surface area contributed by atoms with Gasteiger partial charge in [0.25, 0.3) is 5.91 Å². The summed E-state index contributed by atoms with van der Waals surface area (Å²) in [7, 11) is 0. The molecule has 1 unspecified atom stereocenters. The molecule has 1 aliphatic carbocycles. The highest BCUT2D eigenvalue weighted by atomic mass is 32.1. The van der Waals surface area contributed by atoms with Crippen molar-refractivity contribution in [1.29, 1.82) is 0 Å². The van der Waals surface area contributed by atoms with E-state index in [2.05, 4.69) is 50.7 Å². The number of carbonyl (C=O) groups is 1. The van der Waals surface area contributed by atoms with Crippen molar-refractivity contribution in [3.63, 3.8) is 0 Å². The number of hydrogen-bond acceptors (Lipinski definition) is 6. The molecule has 0 aromatic carbocycles. The molecule has 0 spiro atoms. The first kappa shape index (κ1) is 15.4. The van der Waals surface area contributed by atoms with Crippen LogP contribution in [0.15, 0.2) is 47.8 Å². The van der Waals surface area contributed by atoms with Gasteiger partial charge < -0.3 is 10.6 Å². The molecule has 0 saturated heterocycles. The summed E-state index contributed by atoms with van der Waals surface area (Å²) in [6.07, 6.45) is 10.5. The number of anilines is 2. The number of thiazole rings is 1. The number of carbonyl (C=O) groups excluding carboxylic acids is 1. The molecule has 2 aromatic heterocycles. The standard InChI is InChI=1S/C16H17N5OS/c1-11-2-4-12(5-3-11)8-18-15(22)13-9-23-16(20-13)21-14-6-7-17-10-19-14/h2,4-7,9-11H,3,8H2,1H3,(H,18,22)(H,17,19,20,21). The normalized spacial score (nSPS) is 16.7. The quantitative estimate of drug-likeness (QED) is 0.882. The van der Waals surface area contributed by atoms with Crippen LogP contribution < -0.4 is 10.6 Å². The van der Waals surface area contributed by atoms with E-state index in [1.807, 2.05) is 0 Å². The predicted octanol–water partition coefficient (Wildman–Crippen LogP) is 2.93. The molecule has 6 nitrogen and oxygen atoms in total. The number of nitrogens with one attached hydrogen (secondary N) is 2. The highest BCUT2D eigenvalue weighted by molar-refractivity contribution is 7.14. The van der Waals surface area contributed by atoms with E-state index in [4.69, 9.17) is 0 Å². The predicted molar refractivity (Wildman–Crippen MR) is 90.8 cm³/mol. The summed E-state index contributed by atoms with van der Waals surface area (Å²) in [5.41, 5.74) is 1.53. The monoisotopic (exact) mass is 327 g/mol. The minimum Gasteiger partial charge on any atom is -0.347 e. The van der Waals surface area contributed by atoms with Crippen LogP contribution in [-0.4, -0.2) is 27.4 Å². The van der Waals surface area contributed by atoms with E-state index < -0.39 is 0 Å². The Morgan fingerprint density at radius 1 is 1.48 bits per heavy atom. The summed E-state index contributed by atoms with van der Waals surface area (Å²) in [4.78, 5) is 24.3. The van der Waals surface area contributed by atoms with Gasteiger partial charge in [0.05, 0.1) is 0 Å². The van der Waals surface area contributed by atoms with Gasteiger partial charge in [0.15, 0.2) is 5.13 Å². The van der Waals surface area contributed by atoms with Gasteiger partial charge in [0.2, 0.25) is 0 Å². The van der Waals surface area contributed by atoms with Gasteiger partial charge in [-0.05, 0) is 24.0 Å². The third kappa shape index (κ3) is 4.23. The van der Waals surface area contributed by atoms with Crippen LogP contribution in [0.25, 0.3) is 0 Å². The molecule has 0 fully saturated rings. The van der Waals surface area contributed by atoms with E-state index in [9.17, 15) is 4.79 Å². The Labute approximate surface area is 138 Å². The fourth-order valence-electron chi connectivity index (χ4n) is 2.09. The number of aromatic nitrogens is 3. The minimum atomic E-state index is -0.176. The average Bonchev–Trinajstić information content (AvgIpc) is 3.03. The lowest BCUT2D eigenvalue weighted by molar-refractivity contribution is 0.0953. The first-order valence-corrected chi connectivity index (χ1v) is 8.22. The molecule has 3 rings (SSSR count). The Morgan fingerprint density at radius 2 is 2.39 bits per heavy atom. The second kappa shape index (κ2) is 7.15. The van der Waals surface area contributed by atoms with Crippen molar-refractivity contribution in [2.24, 2.45) is 5.92 Å². The van der Waals surface area contributed by atoms with Crippen molar-refractivity contribution >= 4 is 28.2 Å². The number of nitrogens with zero attached hydrogens (tertiary/aromatic N) is 3. The van der Waals surface area contributed by atoms with Crippen LogP contribution in [0.5, 0.6) is 0 Å². The Morgan fingerprint density at radius 3 is 3.13 bits per heavy atom. The van der Waals surface area contributed by atoms with Gasteiger partial charge in [-0.25, -0.2) is 15.0 Å². The summed E-state index contributed by atoms with van der Waals surface area (Å²) < 4.78 is 0. The van der Waals surface area contributed by atoms with Crippen LogP contribution in [-0.2, 0) is 0 Å². The first-order valence-electron chi connectivity index (χ1n) is 7.35. The van der Waals surface area contributed by atoms with Gasteiger partial charge in [-0.3, -0.25) is 4.79 Å². The van der Waals surface area contributed by atoms with Crippen LogP contribution in [0.3, 0.4) is 0 Å². The fraction of sp³-hybridized carbons (Fsp3) is 0.250. The fourth-order valence-corrected chi connectivity index (χ4v) is 2.78. The number of allylic oxidation sites excluding steroid dienone is 2. The number of hydrogen-bond donors (Lipinski definition) is 2. The Bertz CT molecular complexity index is 738. The van der Waals surface area contributed by atoms with Gasteiger partial charge in [0.1, 0.15) is 17.8 Å². The molecule has 2 aromatic rings. The second-order valence-electron chi connectivity index (χ2n) is 5.29. The molecule has 23 heavy (non-hydrogen) atoms. The van der Waals surface area contributed by atoms with Crippen LogP contribution in [0.1, 0.15) is 23.8 Å². The molecular formula is C16H17N5OS. The molecular weight excluding hydrogens is 310 g/mol. The zero-order valence-electron chi connectivity index (χ0n) is 12.7. The lowest BCUT2D eigenvalue weighted by Gasteiger charge is -2.12. The van der Waals surface area contributed by atoms with E-state index in [1.165, 1.54) is 17.7 Å². The third-order valence-electron chi connectivity index (χ3n) is 3.40. The van der Waals surface area contributed by atoms with Gasteiger partial charge in [-0.2, -0.15) is 0 Å². The first-order chi connectivity index (χ1) is 11.2. The number of rotatable bonds is 5. The van der Waals surface area contributed by atoms with E-state index in [-0.39, 0.29) is 5.91 Å². The zero-order valence-corrected chi connectivity index (χ0v) is 13.5. The van der Waals surface area contributed by atoms with Gasteiger partial charge in [-0.15, -0.1) is 11.3 Å². The SMILES string of the molecule is CC1C=CC(CNC(=O)c2csc(Nc3ccncn3)n2)=CC1. The maximum absolute atomic E-state index is 12.1. The van der Waals surface area contributed by atoms with Crippen molar-refractivity contribution in [1.82, 2.24) is 20.3 Å². The highest BCUT2D eigenvalue weighted by Gasteiger charge is 2.12. The average molecular weight is 327 g/mol. The molecule has 1 atom stereocenters. The van der Waals surface area contributed by atoms with Gasteiger partial charge in [-0.1, -0.05) is 25.2 Å². The zero-order chi connectivity index (χ0) is 16.1. The summed E-state index contributed by atoms with van der Waals surface area (Å²) in [5.74, 6) is 1.04. The molecule has 1 amide bonds. The largest absolute Gasteiger partial charge is 0.347 e. The summed E-state index contributed by atoms with van der Waals surface area (Å²) in [6, 6.07) is 1.74. The highest BCUT2D eigenvalue weighted by Crippen LogP contribution is 2.19. The van der Waals surface area contributed by atoms with Crippen molar-refractivity contribution in [2.75, 3.05) is 11.9 Å². The molecule has 2 N–H and O–H groups in total. The maximum Gasteiger partial charge on any atom is 0.271 e. The minimum absolute atomic E-state index is 0.176. The Kier molecular flexibility index (Phi) is 4.77. The molecule has 0 radical (unpaired) electrons. The van der Waals surface area contributed by atoms with Crippen molar-refractivity contribution in [3.05, 3.63) is 53.5 Å². The van der Waals surface area contributed by atoms with E-state index in [0.29, 0.717) is 29.1 Å². The van der Waals surface area contributed by atoms with Crippen LogP contribution in [0, 0.1) is 5.92 Å². The molecule has 0 bridgehead atoms. The van der Waals surface area contributed by atoms with Crippen LogP contribution in [0.4, 0.5) is 10.9 Å². The van der Waals surface area contributed by atoms with Crippen molar-refractivity contribution in [3.8, 4) is 0 Å². The van der Waals surface area contributed by atoms with Crippen molar-refractivity contribution in [2.45, 2.75) is 13.3 Å². The summed E-state index contributed by atoms with van der Waals surface area (Å²) in [6.45, 7) is 2.69. The van der Waals surface area contributed by atoms with Crippen LogP contribution >= 0.6 is 11.3 Å². The van der Waals surface area contributed by atoms with E-state index in [1.54, 1.807) is 17.6 Å². The van der Waals surface area contributed by atoms with E-state index >= 15 is 0 Å². The third-order valence-corrected chi connectivity index (χ3v) is 4.16. The molecule has 0 saturated carbocycles. The topological polar surface area (TPSA) is 79.8 Å². The summed E-state index contributed by atoms with van der Waals surface area (Å²) in [5, 5.41) is 8.29. The van der Waals surface area contributed by atoms with Gasteiger partial charge in [0, 0.05) is 18.1 Å². The lowest BCUT2D eigenvalue weighted by Crippen LogP contribution is -2.26. The van der Waals surface area contributed by atoms with E-state index in [0.717, 1.165) is 12.0 Å². The van der Waals surface area contributed by atoms with Crippen molar-refractivity contribution < 1.29 is 4.79 Å². The molecule has 0 aliphatic heterocycles. The molecule has 7 heteroatoms. The molecule has 1 aliphatic rings. The lowest BCUT2D eigenvalue weighted by atomic mass is 9.98. The molecule has 118 valence electrons. The number of amides is 1. The van der Waals surface area contributed by atoms with Crippen LogP contribution in [0.2, 0.25) is 0 Å². The maximum atomic E-state index is 12.1. The Balaban J connectivity index is 1.55. The molecule has 2 heterocycles. The second-order valence-corrected chi connectivity index (χ2v) is 6.15. The van der Waals surface area contributed by atoms with Gasteiger partial charge >= 0.3 is 0 Å². The summed E-state index contributed by atoms with van der Waals surface area (Å²) >= 11 is 1.36.